The van der Waals surface area contributed by atoms with Crippen LogP contribution in [0, 0.1) is 0 Å². The van der Waals surface area contributed by atoms with Crippen LogP contribution < -0.4 is 9.47 Å². The number of thiophene rings is 1. The molecule has 0 radical (unpaired) electrons. The molecule has 1 aromatic carbocycles. The van der Waals surface area contributed by atoms with Crippen molar-refractivity contribution in [3.05, 3.63) is 35.2 Å². The van der Waals surface area contributed by atoms with Crippen LogP contribution >= 0.6 is 11.3 Å². The maximum Gasteiger partial charge on any atom is 0.264 e. The summed E-state index contributed by atoms with van der Waals surface area (Å²) in [5, 5.41) is 0. The number of fused-ring (bicyclic) bond motifs is 1. The summed E-state index contributed by atoms with van der Waals surface area (Å²) in [4.78, 5) is 16.7. The summed E-state index contributed by atoms with van der Waals surface area (Å²) in [7, 11) is 0. The molecule has 1 amide bonds. The predicted molar refractivity (Wildman–Crippen MR) is 95.1 cm³/mol. The van der Waals surface area contributed by atoms with Crippen molar-refractivity contribution < 1.29 is 14.3 Å². The van der Waals surface area contributed by atoms with Crippen LogP contribution in [0.2, 0.25) is 0 Å². The number of likely N-dealkylation sites (tertiary alicyclic amines) is 1. The maximum atomic E-state index is 12.8. The van der Waals surface area contributed by atoms with E-state index in [0.717, 1.165) is 46.2 Å². The lowest BCUT2D eigenvalue weighted by Gasteiger charge is -2.33. The fraction of sp³-hybridized carbons (Fsp3) is 0.421. The highest BCUT2D eigenvalue weighted by molar-refractivity contribution is 7.17. The molecule has 0 aliphatic carbocycles. The zero-order valence-corrected chi connectivity index (χ0v) is 14.6. The van der Waals surface area contributed by atoms with Gasteiger partial charge in [0, 0.05) is 17.5 Å². The van der Waals surface area contributed by atoms with Crippen molar-refractivity contribution in [3.63, 3.8) is 0 Å². The molecule has 3 heterocycles. The minimum atomic E-state index is 0.163. The summed E-state index contributed by atoms with van der Waals surface area (Å²) >= 11 is 1.55. The van der Waals surface area contributed by atoms with Gasteiger partial charge in [-0.3, -0.25) is 4.79 Å². The maximum absolute atomic E-state index is 12.8. The molecule has 2 aliphatic rings. The molecule has 1 aromatic heterocycles. The number of carbonyl (C=O) groups excluding carboxylic acids is 1. The number of amides is 1. The topological polar surface area (TPSA) is 38.8 Å². The lowest BCUT2D eigenvalue weighted by molar-refractivity contribution is 0.0640. The average molecular weight is 343 g/mol. The fourth-order valence-corrected chi connectivity index (χ4v) is 4.30. The quantitative estimate of drug-likeness (QED) is 0.820. The molecule has 4 rings (SSSR count). The van der Waals surface area contributed by atoms with Gasteiger partial charge in [-0.05, 0) is 62.1 Å². The van der Waals surface area contributed by atoms with Gasteiger partial charge < -0.3 is 14.4 Å². The van der Waals surface area contributed by atoms with Crippen LogP contribution in [0.4, 0.5) is 0 Å². The summed E-state index contributed by atoms with van der Waals surface area (Å²) in [5.41, 5.74) is 1.06. The Morgan fingerprint density at radius 1 is 1.12 bits per heavy atom. The monoisotopic (exact) mass is 343 g/mol. The van der Waals surface area contributed by atoms with Gasteiger partial charge in [-0.25, -0.2) is 0 Å². The van der Waals surface area contributed by atoms with E-state index in [-0.39, 0.29) is 5.91 Å². The van der Waals surface area contributed by atoms with E-state index in [0.29, 0.717) is 19.3 Å². The van der Waals surface area contributed by atoms with Crippen LogP contribution in [-0.2, 0) is 0 Å². The third-order valence-corrected chi connectivity index (χ3v) is 5.83. The van der Waals surface area contributed by atoms with Gasteiger partial charge >= 0.3 is 0 Å². The molecule has 2 aliphatic heterocycles. The second-order valence-corrected chi connectivity index (χ2v) is 7.45. The summed E-state index contributed by atoms with van der Waals surface area (Å²) in [6, 6.07) is 10.3. The second kappa shape index (κ2) is 6.48. The molecule has 24 heavy (non-hydrogen) atoms. The lowest BCUT2D eigenvalue weighted by atomic mass is 10.0. The van der Waals surface area contributed by atoms with E-state index < -0.39 is 0 Å². The van der Waals surface area contributed by atoms with Gasteiger partial charge in [0.05, 0.1) is 4.88 Å². The smallest absolute Gasteiger partial charge is 0.264 e. The first-order valence-electron chi connectivity index (χ1n) is 8.53. The van der Waals surface area contributed by atoms with Crippen molar-refractivity contribution in [1.29, 1.82) is 0 Å². The molecule has 4 nitrogen and oxygen atoms in total. The summed E-state index contributed by atoms with van der Waals surface area (Å²) in [6.07, 6.45) is 3.43. The van der Waals surface area contributed by atoms with E-state index in [4.69, 9.17) is 9.47 Å². The van der Waals surface area contributed by atoms with Crippen molar-refractivity contribution in [3.8, 4) is 21.9 Å². The third-order valence-electron chi connectivity index (χ3n) is 4.71. The number of piperidine rings is 1. The Morgan fingerprint density at radius 3 is 2.79 bits per heavy atom. The van der Waals surface area contributed by atoms with E-state index in [9.17, 15) is 4.79 Å². The first-order valence-corrected chi connectivity index (χ1v) is 9.35. The van der Waals surface area contributed by atoms with Gasteiger partial charge in [0.2, 0.25) is 0 Å². The zero-order chi connectivity index (χ0) is 16.5. The van der Waals surface area contributed by atoms with Gasteiger partial charge in [-0.2, -0.15) is 0 Å². The standard InChI is InChI=1S/C19H21NO3S/c1-13-4-2-3-9-20(13)19(21)18-8-7-17(24-18)14-5-6-15-16(12-14)23-11-10-22-15/h5-8,12-13H,2-4,9-11H2,1H3. The van der Waals surface area contributed by atoms with E-state index in [1.54, 1.807) is 11.3 Å². The molecule has 1 saturated heterocycles. The minimum absolute atomic E-state index is 0.163. The second-order valence-electron chi connectivity index (χ2n) is 6.37. The van der Waals surface area contributed by atoms with Crippen LogP contribution in [0.3, 0.4) is 0 Å². The van der Waals surface area contributed by atoms with E-state index in [1.807, 2.05) is 35.2 Å². The molecule has 1 fully saturated rings. The number of ether oxygens (including phenoxy) is 2. The Labute approximate surface area is 146 Å². The van der Waals surface area contributed by atoms with E-state index in [1.165, 1.54) is 6.42 Å². The molecule has 5 heteroatoms. The number of nitrogens with zero attached hydrogens (tertiary/aromatic N) is 1. The molecule has 1 atom stereocenters. The van der Waals surface area contributed by atoms with Gasteiger partial charge in [0.25, 0.3) is 5.91 Å². The third kappa shape index (κ3) is 2.88. The molecule has 0 bridgehead atoms. The van der Waals surface area contributed by atoms with Gasteiger partial charge in [-0.15, -0.1) is 11.3 Å². The van der Waals surface area contributed by atoms with Gasteiger partial charge in [0.1, 0.15) is 13.2 Å². The largest absolute Gasteiger partial charge is 0.486 e. The Hall–Kier alpha value is -2.01. The zero-order valence-electron chi connectivity index (χ0n) is 13.8. The van der Waals surface area contributed by atoms with Gasteiger partial charge in [0.15, 0.2) is 11.5 Å². The molecule has 0 spiro atoms. The van der Waals surface area contributed by atoms with Crippen molar-refractivity contribution in [2.45, 2.75) is 32.2 Å². The van der Waals surface area contributed by atoms with Crippen LogP contribution in [-0.4, -0.2) is 36.6 Å². The number of carbonyl (C=O) groups is 1. The molecule has 0 N–H and O–H groups in total. The van der Waals surface area contributed by atoms with Crippen molar-refractivity contribution in [2.24, 2.45) is 0 Å². The Kier molecular flexibility index (Phi) is 4.19. The Morgan fingerprint density at radius 2 is 1.96 bits per heavy atom. The number of hydrogen-bond acceptors (Lipinski definition) is 4. The highest BCUT2D eigenvalue weighted by Crippen LogP contribution is 2.37. The number of hydrogen-bond donors (Lipinski definition) is 0. The summed E-state index contributed by atoms with van der Waals surface area (Å²) in [5.74, 6) is 1.74. The fourth-order valence-electron chi connectivity index (χ4n) is 3.35. The van der Waals surface area contributed by atoms with Crippen LogP contribution in [0.25, 0.3) is 10.4 Å². The first kappa shape index (κ1) is 15.5. The normalized spacial score (nSPS) is 20.0. The summed E-state index contributed by atoms with van der Waals surface area (Å²) in [6.45, 7) is 4.19. The highest BCUT2D eigenvalue weighted by Gasteiger charge is 2.25. The van der Waals surface area contributed by atoms with Crippen molar-refractivity contribution >= 4 is 17.2 Å². The highest BCUT2D eigenvalue weighted by atomic mass is 32.1. The first-order chi connectivity index (χ1) is 11.7. The Balaban J connectivity index is 1.57. The van der Waals surface area contributed by atoms with Crippen molar-refractivity contribution in [2.75, 3.05) is 19.8 Å². The van der Waals surface area contributed by atoms with E-state index in [2.05, 4.69) is 6.92 Å². The number of benzene rings is 1. The van der Waals surface area contributed by atoms with Crippen LogP contribution in [0.5, 0.6) is 11.5 Å². The van der Waals surface area contributed by atoms with Gasteiger partial charge in [-0.1, -0.05) is 0 Å². The summed E-state index contributed by atoms with van der Waals surface area (Å²) < 4.78 is 11.2. The van der Waals surface area contributed by atoms with Crippen LogP contribution in [0.1, 0.15) is 35.9 Å². The molecule has 1 unspecified atom stereocenters. The van der Waals surface area contributed by atoms with Crippen LogP contribution in [0.15, 0.2) is 30.3 Å². The van der Waals surface area contributed by atoms with E-state index >= 15 is 0 Å². The minimum Gasteiger partial charge on any atom is -0.486 e. The lowest BCUT2D eigenvalue weighted by Crippen LogP contribution is -2.41. The Bertz CT molecular complexity index is 755. The molecular weight excluding hydrogens is 322 g/mol. The molecule has 0 saturated carbocycles. The SMILES string of the molecule is CC1CCCCN1C(=O)c1ccc(-c2ccc3c(c2)OCCO3)s1. The molecule has 126 valence electrons. The molecule has 2 aromatic rings. The predicted octanol–water partition coefficient (Wildman–Crippen LogP) is 4.20. The number of rotatable bonds is 2. The average Bonchev–Trinajstić information content (AvgIpc) is 3.11. The molecular formula is C19H21NO3S. The van der Waals surface area contributed by atoms with Crippen molar-refractivity contribution in [1.82, 2.24) is 4.90 Å².